The van der Waals surface area contributed by atoms with Crippen LogP contribution in [-0.2, 0) is 0 Å². The van der Waals surface area contributed by atoms with Gasteiger partial charge in [-0.25, -0.2) is 17.6 Å². The molecule has 0 aromatic carbocycles. The van der Waals surface area contributed by atoms with E-state index in [4.69, 9.17) is 0 Å². The van der Waals surface area contributed by atoms with Crippen molar-refractivity contribution >= 4 is 0 Å². The number of hydrogen-bond acceptors (Lipinski definition) is 0. The smallest absolute Gasteiger partial charge is 0.240 e. The van der Waals surface area contributed by atoms with E-state index in [1.165, 1.54) is 0 Å². The summed E-state index contributed by atoms with van der Waals surface area (Å²) >= 11 is 0. The third-order valence-corrected chi connectivity index (χ3v) is 1.38. The van der Waals surface area contributed by atoms with Gasteiger partial charge in [-0.2, -0.15) is 8.78 Å². The molecule has 78 valence electrons. The van der Waals surface area contributed by atoms with Gasteiger partial charge in [-0.05, 0) is 0 Å². The summed E-state index contributed by atoms with van der Waals surface area (Å²) in [4.78, 5) is 0. The minimum absolute atomic E-state index is 0.775. The largest absolute Gasteiger partial charge is 0.315 e. The number of allylic oxidation sites excluding steroid dienone is 1. The summed E-state index contributed by atoms with van der Waals surface area (Å²) in [6.45, 7) is 2.94. The Bertz CT molecular complexity index is 166. The van der Waals surface area contributed by atoms with Crippen LogP contribution >= 0.6 is 0 Å². The lowest BCUT2D eigenvalue weighted by molar-refractivity contribution is -0.165. The van der Waals surface area contributed by atoms with Crippen molar-refractivity contribution in [2.24, 2.45) is 0 Å². The van der Waals surface area contributed by atoms with Gasteiger partial charge in [-0.1, -0.05) is 6.08 Å². The summed E-state index contributed by atoms with van der Waals surface area (Å²) < 4.78 is 72.2. The monoisotopic (exact) mass is 206 g/mol. The van der Waals surface area contributed by atoms with Crippen LogP contribution in [0, 0.1) is 0 Å². The van der Waals surface area contributed by atoms with Crippen LogP contribution < -0.4 is 0 Å². The van der Waals surface area contributed by atoms with Crippen LogP contribution in [-0.4, -0.2) is 24.7 Å². The first-order valence-electron chi connectivity index (χ1n) is 3.39. The van der Waals surface area contributed by atoms with Crippen molar-refractivity contribution in [3.8, 4) is 0 Å². The van der Waals surface area contributed by atoms with E-state index in [1.54, 1.807) is 0 Å². The van der Waals surface area contributed by atoms with Crippen LogP contribution in [0.15, 0.2) is 12.7 Å². The molecule has 2 unspecified atom stereocenters. The lowest BCUT2D eigenvalue weighted by atomic mass is 10.1. The van der Waals surface area contributed by atoms with Gasteiger partial charge in [0.1, 0.15) is 0 Å². The van der Waals surface area contributed by atoms with E-state index in [2.05, 4.69) is 6.58 Å². The fraction of sp³-hybridized carbons (Fsp3) is 0.714. The molecule has 2 atom stereocenters. The maximum absolute atomic E-state index is 12.4. The molecule has 0 spiro atoms. The average Bonchev–Trinajstić information content (AvgIpc) is 2.03. The Kier molecular flexibility index (Phi) is 4.29. The second-order valence-corrected chi connectivity index (χ2v) is 2.40. The molecule has 0 nitrogen and oxygen atoms in total. The van der Waals surface area contributed by atoms with Crippen LogP contribution in [0.3, 0.4) is 0 Å². The molecule has 0 aliphatic heterocycles. The van der Waals surface area contributed by atoms with Gasteiger partial charge < -0.3 is 0 Å². The van der Waals surface area contributed by atoms with Crippen molar-refractivity contribution in [2.75, 3.05) is 0 Å². The normalized spacial score (nSPS) is 17.2. The molecular formula is C7H8F6. The highest BCUT2D eigenvalue weighted by atomic mass is 19.3. The van der Waals surface area contributed by atoms with Gasteiger partial charge in [0.2, 0.25) is 6.17 Å². The first-order chi connectivity index (χ1) is 5.84. The predicted octanol–water partition coefficient (Wildman–Crippen LogP) is 3.14. The molecule has 0 heterocycles. The van der Waals surface area contributed by atoms with E-state index in [0.717, 1.165) is 6.08 Å². The van der Waals surface area contributed by atoms with Crippen LogP contribution in [0.25, 0.3) is 0 Å². The first kappa shape index (κ1) is 12.3. The Hall–Kier alpha value is -0.680. The van der Waals surface area contributed by atoms with Crippen LogP contribution in [0.2, 0.25) is 0 Å². The van der Waals surface area contributed by atoms with Crippen LogP contribution in [0.1, 0.15) is 6.42 Å². The highest BCUT2D eigenvalue weighted by Gasteiger charge is 2.52. The average molecular weight is 206 g/mol. The maximum Gasteiger partial charge on any atom is 0.315 e. The molecule has 0 aromatic rings. The van der Waals surface area contributed by atoms with Crippen molar-refractivity contribution in [3.63, 3.8) is 0 Å². The summed E-state index contributed by atoms with van der Waals surface area (Å²) in [6, 6.07) is 0. The Balaban J connectivity index is 4.43. The molecule has 0 amide bonds. The van der Waals surface area contributed by atoms with Gasteiger partial charge in [0.05, 0.1) is 0 Å². The highest BCUT2D eigenvalue weighted by Crippen LogP contribution is 2.33. The second-order valence-electron chi connectivity index (χ2n) is 2.40. The molecule has 0 aromatic heterocycles. The van der Waals surface area contributed by atoms with E-state index in [1.807, 2.05) is 0 Å². The number of hydrogen-bond donors (Lipinski definition) is 0. The topological polar surface area (TPSA) is 0 Å². The molecule has 6 heteroatoms. The predicted molar refractivity (Wildman–Crippen MR) is 35.6 cm³/mol. The standard InChI is InChI=1S/C7H8F6/c1-2-3-4(8)7(12,13)5(9)6(10)11/h2,4-6H,1,3H2. The second kappa shape index (κ2) is 4.53. The molecule has 0 aliphatic carbocycles. The molecule has 0 saturated heterocycles. The van der Waals surface area contributed by atoms with Gasteiger partial charge in [-0.15, -0.1) is 6.58 Å². The summed E-state index contributed by atoms with van der Waals surface area (Å²) in [7, 11) is 0. The number of rotatable bonds is 5. The van der Waals surface area contributed by atoms with Crippen molar-refractivity contribution < 1.29 is 26.3 Å². The van der Waals surface area contributed by atoms with E-state index in [0.29, 0.717) is 0 Å². The minimum Gasteiger partial charge on any atom is -0.240 e. The lowest BCUT2D eigenvalue weighted by Gasteiger charge is -2.22. The molecule has 0 aliphatic rings. The first-order valence-corrected chi connectivity index (χ1v) is 3.39. The number of halogens is 6. The van der Waals surface area contributed by atoms with Crippen molar-refractivity contribution in [3.05, 3.63) is 12.7 Å². The summed E-state index contributed by atoms with van der Waals surface area (Å²) in [6.07, 6.45) is -10.7. The molecule has 0 radical (unpaired) electrons. The summed E-state index contributed by atoms with van der Waals surface area (Å²) in [5.41, 5.74) is 0. The highest BCUT2D eigenvalue weighted by molar-refractivity contribution is 4.90. The van der Waals surface area contributed by atoms with E-state index in [-0.39, 0.29) is 0 Å². The van der Waals surface area contributed by atoms with Crippen LogP contribution in [0.4, 0.5) is 26.3 Å². The van der Waals surface area contributed by atoms with Gasteiger partial charge in [0.25, 0.3) is 6.43 Å². The van der Waals surface area contributed by atoms with Crippen molar-refractivity contribution in [1.82, 2.24) is 0 Å². The SMILES string of the molecule is C=CCC(F)C(F)(F)C(F)C(F)F. The fourth-order valence-electron chi connectivity index (χ4n) is 0.644. The molecular weight excluding hydrogens is 198 g/mol. The Morgan fingerprint density at radius 1 is 1.15 bits per heavy atom. The fourth-order valence-corrected chi connectivity index (χ4v) is 0.644. The Morgan fingerprint density at radius 3 is 1.92 bits per heavy atom. The molecule has 13 heavy (non-hydrogen) atoms. The van der Waals surface area contributed by atoms with Crippen molar-refractivity contribution in [2.45, 2.75) is 31.1 Å². The summed E-state index contributed by atoms with van der Waals surface area (Å²) in [5, 5.41) is 0. The third kappa shape index (κ3) is 2.93. The van der Waals surface area contributed by atoms with E-state index < -0.39 is 31.1 Å². The lowest BCUT2D eigenvalue weighted by Crippen LogP contribution is -2.43. The zero-order valence-electron chi connectivity index (χ0n) is 6.49. The van der Waals surface area contributed by atoms with Crippen molar-refractivity contribution in [1.29, 1.82) is 0 Å². The van der Waals surface area contributed by atoms with Gasteiger partial charge in [-0.3, -0.25) is 0 Å². The van der Waals surface area contributed by atoms with Gasteiger partial charge in [0.15, 0.2) is 6.17 Å². The zero-order valence-corrected chi connectivity index (χ0v) is 6.49. The molecule has 0 bridgehead atoms. The zero-order chi connectivity index (χ0) is 10.6. The van der Waals surface area contributed by atoms with E-state index in [9.17, 15) is 26.3 Å². The minimum atomic E-state index is -4.66. The molecule has 0 saturated carbocycles. The maximum atomic E-state index is 12.4. The Morgan fingerprint density at radius 2 is 1.62 bits per heavy atom. The van der Waals surface area contributed by atoms with Gasteiger partial charge in [0, 0.05) is 6.42 Å². The quantitative estimate of drug-likeness (QED) is 0.478. The summed E-state index contributed by atoms with van der Waals surface area (Å²) in [5.74, 6) is -4.66. The Labute approximate surface area is 71.2 Å². The number of alkyl halides is 6. The van der Waals surface area contributed by atoms with Gasteiger partial charge >= 0.3 is 5.92 Å². The molecule has 0 rings (SSSR count). The van der Waals surface area contributed by atoms with E-state index >= 15 is 0 Å². The molecule has 0 N–H and O–H groups in total. The van der Waals surface area contributed by atoms with Crippen LogP contribution in [0.5, 0.6) is 0 Å². The third-order valence-electron chi connectivity index (χ3n) is 1.38. The molecule has 0 fully saturated rings.